The molecule has 2 N–H and O–H groups in total. The fourth-order valence-corrected chi connectivity index (χ4v) is 2.16. The van der Waals surface area contributed by atoms with Crippen molar-refractivity contribution in [2.45, 2.75) is 38.8 Å². The van der Waals surface area contributed by atoms with Gasteiger partial charge >= 0.3 is 6.18 Å². The van der Waals surface area contributed by atoms with Gasteiger partial charge in [-0.1, -0.05) is 0 Å². The Morgan fingerprint density at radius 2 is 1.86 bits per heavy atom. The average molecular weight is 422 g/mol. The summed E-state index contributed by atoms with van der Waals surface area (Å²) in [6, 6.07) is 0. The smallest absolute Gasteiger partial charge is 0.357 e. The molecule has 0 spiro atoms. The van der Waals surface area contributed by atoms with Crippen LogP contribution in [0, 0.1) is 0 Å². The van der Waals surface area contributed by atoms with Gasteiger partial charge in [0.1, 0.15) is 0 Å². The lowest BCUT2D eigenvalue weighted by molar-refractivity contribution is -0.132. The molecule has 1 heterocycles. The molecule has 1 rings (SSSR count). The third kappa shape index (κ3) is 11.0. The summed E-state index contributed by atoms with van der Waals surface area (Å²) in [4.78, 5) is 6.70. The number of alkyl halides is 3. The van der Waals surface area contributed by atoms with Gasteiger partial charge in [0.2, 0.25) is 0 Å². The molecule has 0 bridgehead atoms. The molecule has 0 aromatic heterocycles. The Morgan fingerprint density at radius 3 is 2.43 bits per heavy atom. The van der Waals surface area contributed by atoms with Crippen LogP contribution in [-0.4, -0.2) is 56.3 Å². The van der Waals surface area contributed by atoms with E-state index in [2.05, 4.69) is 20.5 Å². The molecule has 1 fully saturated rings. The van der Waals surface area contributed by atoms with Crippen LogP contribution >= 0.6 is 24.0 Å². The van der Waals surface area contributed by atoms with E-state index in [1.165, 1.54) is 12.8 Å². The van der Waals surface area contributed by atoms with Crippen molar-refractivity contribution in [1.29, 1.82) is 0 Å². The third-order valence-electron chi connectivity index (χ3n) is 3.15. The maximum absolute atomic E-state index is 12.1. The topological polar surface area (TPSA) is 39.7 Å². The minimum Gasteiger partial charge on any atom is -0.357 e. The van der Waals surface area contributed by atoms with E-state index in [1.807, 2.05) is 6.92 Å². The van der Waals surface area contributed by atoms with Gasteiger partial charge in [-0.2, -0.15) is 13.2 Å². The van der Waals surface area contributed by atoms with Crippen LogP contribution in [0.15, 0.2) is 4.99 Å². The number of rotatable bonds is 7. The minimum absolute atomic E-state index is 0. The molecule has 1 aliphatic rings. The van der Waals surface area contributed by atoms with Gasteiger partial charge in [-0.05, 0) is 45.8 Å². The Morgan fingerprint density at radius 1 is 1.19 bits per heavy atom. The molecule has 0 radical (unpaired) electrons. The predicted octanol–water partition coefficient (Wildman–Crippen LogP) is 2.60. The molecule has 0 atom stereocenters. The highest BCUT2D eigenvalue weighted by Crippen LogP contribution is 2.18. The van der Waals surface area contributed by atoms with E-state index < -0.39 is 12.6 Å². The van der Waals surface area contributed by atoms with Gasteiger partial charge in [-0.25, -0.2) is 0 Å². The Balaban J connectivity index is 0.00000400. The molecule has 1 saturated heterocycles. The van der Waals surface area contributed by atoms with Gasteiger partial charge in [0, 0.05) is 19.6 Å². The van der Waals surface area contributed by atoms with Gasteiger partial charge in [0.15, 0.2) is 5.96 Å². The number of halogens is 4. The molecule has 0 amide bonds. The van der Waals surface area contributed by atoms with Crippen LogP contribution in [0.4, 0.5) is 13.2 Å². The molecule has 0 aromatic rings. The maximum atomic E-state index is 12.1. The molecule has 126 valence electrons. The normalized spacial score (nSPS) is 16.7. The van der Waals surface area contributed by atoms with Crippen molar-refractivity contribution in [1.82, 2.24) is 15.5 Å². The number of guanidine groups is 1. The standard InChI is InChI=1S/C13H25F3N4.HI/c1-2-17-12(19-8-6-13(14,15)16)18-7-5-11-20-9-3-4-10-20;/h2-11H2,1H3,(H2,17,18,19);1H. The molecule has 4 nitrogen and oxygen atoms in total. The second-order valence-corrected chi connectivity index (χ2v) is 4.95. The quantitative estimate of drug-likeness (QED) is 0.287. The molecular formula is C13H26F3IN4. The van der Waals surface area contributed by atoms with Gasteiger partial charge < -0.3 is 15.5 Å². The highest BCUT2D eigenvalue weighted by Gasteiger charge is 2.26. The molecule has 0 saturated carbocycles. The number of nitrogens with one attached hydrogen (secondary N) is 2. The number of likely N-dealkylation sites (tertiary alicyclic amines) is 1. The molecule has 0 aliphatic carbocycles. The fourth-order valence-electron chi connectivity index (χ4n) is 2.16. The maximum Gasteiger partial charge on any atom is 0.390 e. The average Bonchev–Trinajstić information content (AvgIpc) is 2.86. The Bertz CT molecular complexity index is 292. The van der Waals surface area contributed by atoms with E-state index in [1.54, 1.807) is 0 Å². The lowest BCUT2D eigenvalue weighted by Crippen LogP contribution is -2.39. The Kier molecular flexibility index (Phi) is 11.2. The summed E-state index contributed by atoms with van der Waals surface area (Å²) in [5, 5.41) is 5.67. The van der Waals surface area contributed by atoms with Crippen molar-refractivity contribution in [2.75, 3.05) is 39.3 Å². The first kappa shape index (κ1) is 20.8. The summed E-state index contributed by atoms with van der Waals surface area (Å²) in [5.74, 6) is 0.471. The second kappa shape index (κ2) is 11.3. The van der Waals surface area contributed by atoms with Gasteiger partial charge in [-0.3, -0.25) is 4.99 Å². The zero-order valence-corrected chi connectivity index (χ0v) is 14.8. The van der Waals surface area contributed by atoms with Crippen LogP contribution in [0.25, 0.3) is 0 Å². The first-order valence-corrected chi connectivity index (χ1v) is 7.32. The lowest BCUT2D eigenvalue weighted by atomic mass is 10.4. The summed E-state index contributed by atoms with van der Waals surface area (Å²) in [5.41, 5.74) is 0. The minimum atomic E-state index is -4.12. The first-order chi connectivity index (χ1) is 9.51. The zero-order valence-electron chi connectivity index (χ0n) is 12.5. The van der Waals surface area contributed by atoms with Crippen molar-refractivity contribution >= 4 is 29.9 Å². The lowest BCUT2D eigenvalue weighted by Gasteiger charge is -2.14. The summed E-state index contributed by atoms with van der Waals surface area (Å²) in [6.45, 7) is 6.38. The third-order valence-corrected chi connectivity index (χ3v) is 3.15. The number of hydrogen-bond acceptors (Lipinski definition) is 2. The first-order valence-electron chi connectivity index (χ1n) is 7.32. The van der Waals surface area contributed by atoms with Crippen molar-refractivity contribution in [3.8, 4) is 0 Å². The van der Waals surface area contributed by atoms with E-state index in [9.17, 15) is 13.2 Å². The van der Waals surface area contributed by atoms with E-state index in [0.29, 0.717) is 19.0 Å². The highest BCUT2D eigenvalue weighted by atomic mass is 127. The van der Waals surface area contributed by atoms with Gasteiger partial charge in [0.05, 0.1) is 6.42 Å². The van der Waals surface area contributed by atoms with Crippen molar-refractivity contribution in [3.63, 3.8) is 0 Å². The van der Waals surface area contributed by atoms with Crippen molar-refractivity contribution in [3.05, 3.63) is 0 Å². The largest absolute Gasteiger partial charge is 0.390 e. The van der Waals surface area contributed by atoms with E-state index >= 15 is 0 Å². The summed E-state index contributed by atoms with van der Waals surface area (Å²) in [6.07, 6.45) is -1.49. The SMILES string of the molecule is CCNC(=NCCCN1CCCC1)NCCC(F)(F)F.I. The van der Waals surface area contributed by atoms with E-state index in [4.69, 9.17) is 0 Å². The molecule has 1 aliphatic heterocycles. The number of aliphatic imine (C=N–C) groups is 1. The van der Waals surface area contributed by atoms with Crippen LogP contribution in [0.5, 0.6) is 0 Å². The zero-order chi connectivity index (χ0) is 14.8. The monoisotopic (exact) mass is 422 g/mol. The van der Waals surface area contributed by atoms with Crippen LogP contribution in [0.1, 0.15) is 32.6 Å². The van der Waals surface area contributed by atoms with Crippen LogP contribution in [-0.2, 0) is 0 Å². The Labute approximate surface area is 142 Å². The number of hydrogen-bond donors (Lipinski definition) is 2. The van der Waals surface area contributed by atoms with Gasteiger partial charge in [0.25, 0.3) is 0 Å². The highest BCUT2D eigenvalue weighted by molar-refractivity contribution is 14.0. The van der Waals surface area contributed by atoms with Crippen LogP contribution in [0.2, 0.25) is 0 Å². The summed E-state index contributed by atoms with van der Waals surface area (Å²) < 4.78 is 36.2. The predicted molar refractivity (Wildman–Crippen MR) is 90.4 cm³/mol. The fraction of sp³-hybridized carbons (Fsp3) is 0.923. The Hall–Kier alpha value is -0.250. The number of nitrogens with zero attached hydrogens (tertiary/aromatic N) is 2. The van der Waals surface area contributed by atoms with E-state index in [-0.39, 0.29) is 30.5 Å². The molecular weight excluding hydrogens is 396 g/mol. The van der Waals surface area contributed by atoms with Crippen molar-refractivity contribution in [2.24, 2.45) is 4.99 Å². The summed E-state index contributed by atoms with van der Waals surface area (Å²) >= 11 is 0. The molecule has 0 unspecified atom stereocenters. The van der Waals surface area contributed by atoms with Gasteiger partial charge in [-0.15, -0.1) is 24.0 Å². The molecule has 8 heteroatoms. The van der Waals surface area contributed by atoms with Crippen molar-refractivity contribution < 1.29 is 13.2 Å². The second-order valence-electron chi connectivity index (χ2n) is 4.95. The molecule has 0 aromatic carbocycles. The summed E-state index contributed by atoms with van der Waals surface area (Å²) in [7, 11) is 0. The van der Waals surface area contributed by atoms with Crippen LogP contribution < -0.4 is 10.6 Å². The molecule has 21 heavy (non-hydrogen) atoms. The van der Waals surface area contributed by atoms with E-state index in [0.717, 1.165) is 26.1 Å². The van der Waals surface area contributed by atoms with Crippen LogP contribution in [0.3, 0.4) is 0 Å².